The third-order valence-electron chi connectivity index (χ3n) is 4.70. The van der Waals surface area contributed by atoms with Crippen LogP contribution in [0.15, 0.2) is 0 Å². The highest BCUT2D eigenvalue weighted by Crippen LogP contribution is 2.38. The molecule has 0 saturated heterocycles. The van der Waals surface area contributed by atoms with Gasteiger partial charge >= 0.3 is 5.97 Å². The number of rotatable bonds is 8. The van der Waals surface area contributed by atoms with E-state index in [0.29, 0.717) is 25.4 Å². The first-order valence-electron chi connectivity index (χ1n) is 8.36. The molecule has 120 valence electrons. The van der Waals surface area contributed by atoms with Crippen molar-refractivity contribution in [2.24, 2.45) is 5.41 Å². The molecule has 5 heteroatoms. The Hall–Kier alpha value is -1.10. The van der Waals surface area contributed by atoms with Gasteiger partial charge in [0.25, 0.3) is 0 Å². The highest BCUT2D eigenvalue weighted by Gasteiger charge is 2.40. The summed E-state index contributed by atoms with van der Waals surface area (Å²) in [7, 11) is 0. The molecule has 0 unspecified atom stereocenters. The molecule has 0 spiro atoms. The van der Waals surface area contributed by atoms with Crippen molar-refractivity contribution in [3.05, 3.63) is 0 Å². The van der Waals surface area contributed by atoms with Gasteiger partial charge in [-0.15, -0.1) is 0 Å². The van der Waals surface area contributed by atoms with Gasteiger partial charge in [-0.3, -0.25) is 9.59 Å². The predicted molar refractivity (Wildman–Crippen MR) is 81.0 cm³/mol. The van der Waals surface area contributed by atoms with Gasteiger partial charge in [0.1, 0.15) is 0 Å². The van der Waals surface area contributed by atoms with Crippen LogP contribution in [-0.4, -0.2) is 36.1 Å². The number of carbonyl (C=O) groups excluding carboxylic acids is 1. The summed E-state index contributed by atoms with van der Waals surface area (Å²) in [6.07, 6.45) is 8.88. The van der Waals surface area contributed by atoms with E-state index >= 15 is 0 Å². The van der Waals surface area contributed by atoms with Gasteiger partial charge in [0.2, 0.25) is 5.91 Å². The first-order valence-corrected chi connectivity index (χ1v) is 8.36. The van der Waals surface area contributed by atoms with Gasteiger partial charge < -0.3 is 15.7 Å². The molecule has 5 nitrogen and oxygen atoms in total. The van der Waals surface area contributed by atoms with E-state index in [2.05, 4.69) is 10.6 Å². The smallest absolute Gasteiger partial charge is 0.310 e. The number of hydrogen-bond acceptors (Lipinski definition) is 3. The highest BCUT2D eigenvalue weighted by molar-refractivity contribution is 5.85. The van der Waals surface area contributed by atoms with Crippen LogP contribution >= 0.6 is 0 Å². The quantitative estimate of drug-likeness (QED) is 0.473. The summed E-state index contributed by atoms with van der Waals surface area (Å²) < 4.78 is 0. The topological polar surface area (TPSA) is 78.4 Å². The molecule has 2 aliphatic carbocycles. The zero-order valence-corrected chi connectivity index (χ0v) is 12.8. The van der Waals surface area contributed by atoms with E-state index in [4.69, 9.17) is 0 Å². The number of carboxylic acid groups (broad SMARTS) is 1. The lowest BCUT2D eigenvalue weighted by atomic mass is 9.77. The maximum atomic E-state index is 12.0. The van der Waals surface area contributed by atoms with Crippen LogP contribution in [-0.2, 0) is 9.59 Å². The summed E-state index contributed by atoms with van der Waals surface area (Å²) in [6.45, 7) is 1.56. The normalized spacial score (nSPS) is 21.5. The number of carbonyl (C=O) groups is 2. The van der Waals surface area contributed by atoms with Crippen molar-refractivity contribution < 1.29 is 14.7 Å². The Morgan fingerprint density at radius 3 is 2.29 bits per heavy atom. The average molecular weight is 296 g/mol. The van der Waals surface area contributed by atoms with Crippen molar-refractivity contribution in [3.8, 4) is 0 Å². The molecule has 2 saturated carbocycles. The monoisotopic (exact) mass is 296 g/mol. The van der Waals surface area contributed by atoms with Crippen LogP contribution in [0.1, 0.15) is 64.2 Å². The second-order valence-electron chi connectivity index (χ2n) is 6.61. The van der Waals surface area contributed by atoms with E-state index in [-0.39, 0.29) is 12.3 Å². The summed E-state index contributed by atoms with van der Waals surface area (Å²) >= 11 is 0. The second-order valence-corrected chi connectivity index (χ2v) is 6.61. The Bertz CT molecular complexity index is 359. The molecule has 0 radical (unpaired) electrons. The van der Waals surface area contributed by atoms with Crippen LogP contribution in [0.5, 0.6) is 0 Å². The van der Waals surface area contributed by atoms with Crippen LogP contribution < -0.4 is 10.6 Å². The minimum Gasteiger partial charge on any atom is -0.481 e. The maximum absolute atomic E-state index is 12.0. The summed E-state index contributed by atoms with van der Waals surface area (Å²) in [6, 6.07) is 0.696. The van der Waals surface area contributed by atoms with Gasteiger partial charge in [-0.2, -0.15) is 0 Å². The molecule has 0 aliphatic heterocycles. The van der Waals surface area contributed by atoms with Crippen molar-refractivity contribution in [1.29, 1.82) is 0 Å². The Labute approximate surface area is 126 Å². The minimum absolute atomic E-state index is 0.106. The predicted octanol–water partition coefficient (Wildman–Crippen LogP) is 2.06. The molecule has 2 aliphatic rings. The average Bonchev–Trinajstić information content (AvgIpc) is 3.25. The Morgan fingerprint density at radius 2 is 1.71 bits per heavy atom. The molecule has 2 rings (SSSR count). The first-order chi connectivity index (χ1) is 10.1. The molecule has 1 amide bonds. The zero-order chi connectivity index (χ0) is 15.1. The van der Waals surface area contributed by atoms with Crippen LogP contribution in [0, 0.1) is 5.41 Å². The SMILES string of the molecule is O=C(CC1(C(=O)O)CCCCCC1)NCCCNC1CC1. The molecule has 0 aromatic carbocycles. The largest absolute Gasteiger partial charge is 0.481 e. The van der Waals surface area contributed by atoms with Crippen LogP contribution in [0.2, 0.25) is 0 Å². The Kier molecular flexibility index (Phi) is 6.03. The van der Waals surface area contributed by atoms with Crippen LogP contribution in [0.25, 0.3) is 0 Å². The molecule has 3 N–H and O–H groups in total. The summed E-state index contributed by atoms with van der Waals surface area (Å²) in [4.78, 5) is 23.7. The third-order valence-corrected chi connectivity index (χ3v) is 4.70. The molecular weight excluding hydrogens is 268 g/mol. The summed E-state index contributed by atoms with van der Waals surface area (Å²) in [5.74, 6) is -0.902. The van der Waals surface area contributed by atoms with E-state index < -0.39 is 11.4 Å². The van der Waals surface area contributed by atoms with Crippen molar-refractivity contribution in [1.82, 2.24) is 10.6 Å². The molecule has 0 aromatic heterocycles. The van der Waals surface area contributed by atoms with Gasteiger partial charge in [-0.25, -0.2) is 0 Å². The van der Waals surface area contributed by atoms with Gasteiger partial charge in [0.15, 0.2) is 0 Å². The van der Waals surface area contributed by atoms with Crippen molar-refractivity contribution in [2.75, 3.05) is 13.1 Å². The van der Waals surface area contributed by atoms with Gasteiger partial charge in [0, 0.05) is 19.0 Å². The lowest BCUT2D eigenvalue weighted by Gasteiger charge is -2.27. The minimum atomic E-state index is -0.827. The van der Waals surface area contributed by atoms with E-state index in [0.717, 1.165) is 38.6 Å². The standard InChI is InChI=1S/C16H28N2O3/c19-14(18-11-5-10-17-13-6-7-13)12-16(15(20)21)8-3-1-2-4-9-16/h13,17H,1-12H2,(H,18,19)(H,20,21). The molecular formula is C16H28N2O3. The summed E-state index contributed by atoms with van der Waals surface area (Å²) in [5, 5.41) is 15.8. The van der Waals surface area contributed by atoms with Gasteiger partial charge in [-0.05, 0) is 38.6 Å². The van der Waals surface area contributed by atoms with Gasteiger partial charge in [0.05, 0.1) is 5.41 Å². The number of amides is 1. The number of aliphatic carboxylic acids is 1. The molecule has 2 fully saturated rings. The molecule has 21 heavy (non-hydrogen) atoms. The molecule has 0 aromatic rings. The maximum Gasteiger partial charge on any atom is 0.310 e. The zero-order valence-electron chi connectivity index (χ0n) is 12.8. The molecule has 0 heterocycles. The van der Waals surface area contributed by atoms with E-state index in [1.54, 1.807) is 0 Å². The fraction of sp³-hybridized carbons (Fsp3) is 0.875. The third kappa shape index (κ3) is 5.30. The highest BCUT2D eigenvalue weighted by atomic mass is 16.4. The Balaban J connectivity index is 1.70. The first kappa shape index (κ1) is 16.3. The van der Waals surface area contributed by atoms with Crippen molar-refractivity contribution >= 4 is 11.9 Å². The fourth-order valence-electron chi connectivity index (χ4n) is 3.15. The van der Waals surface area contributed by atoms with E-state index in [1.165, 1.54) is 12.8 Å². The van der Waals surface area contributed by atoms with Gasteiger partial charge in [-0.1, -0.05) is 25.7 Å². The van der Waals surface area contributed by atoms with E-state index in [1.807, 2.05) is 0 Å². The summed E-state index contributed by atoms with van der Waals surface area (Å²) in [5.41, 5.74) is -0.827. The number of carboxylic acids is 1. The molecule has 0 bridgehead atoms. The molecule has 0 atom stereocenters. The fourth-order valence-corrected chi connectivity index (χ4v) is 3.15. The van der Waals surface area contributed by atoms with Crippen molar-refractivity contribution in [2.45, 2.75) is 70.3 Å². The van der Waals surface area contributed by atoms with Crippen LogP contribution in [0.3, 0.4) is 0 Å². The number of hydrogen-bond donors (Lipinski definition) is 3. The lowest BCUT2D eigenvalue weighted by molar-refractivity contribution is -0.152. The van der Waals surface area contributed by atoms with Crippen LogP contribution in [0.4, 0.5) is 0 Å². The lowest BCUT2D eigenvalue weighted by Crippen LogP contribution is -2.38. The van der Waals surface area contributed by atoms with Crippen molar-refractivity contribution in [3.63, 3.8) is 0 Å². The number of nitrogens with one attached hydrogen (secondary N) is 2. The van der Waals surface area contributed by atoms with E-state index in [9.17, 15) is 14.7 Å². The Morgan fingerprint density at radius 1 is 1.05 bits per heavy atom. The second kappa shape index (κ2) is 7.78.